The van der Waals surface area contributed by atoms with Gasteiger partial charge in [-0.1, -0.05) is 5.21 Å². The predicted molar refractivity (Wildman–Crippen MR) is 49.2 cm³/mol. The van der Waals surface area contributed by atoms with Gasteiger partial charge < -0.3 is 4.74 Å². The van der Waals surface area contributed by atoms with Crippen LogP contribution in [0.25, 0.3) is 11.0 Å². The molecule has 0 saturated heterocycles. The van der Waals surface area contributed by atoms with Crippen LogP contribution in [0.15, 0.2) is 0 Å². The van der Waals surface area contributed by atoms with Gasteiger partial charge in [-0.3, -0.25) is 0 Å². The summed E-state index contributed by atoms with van der Waals surface area (Å²) in [6, 6.07) is 0. The minimum atomic E-state index is -1.89. The van der Waals surface area contributed by atoms with Crippen molar-refractivity contribution in [3.8, 4) is 0 Å². The molecule has 0 aliphatic carbocycles. The molecule has 8 heteroatoms. The van der Waals surface area contributed by atoms with Gasteiger partial charge in [0.15, 0.2) is 28.8 Å². The van der Waals surface area contributed by atoms with Crippen molar-refractivity contribution in [1.82, 2.24) is 15.0 Å². The Bertz CT molecular complexity index is 569. The van der Waals surface area contributed by atoms with E-state index in [1.165, 1.54) is 7.11 Å². The summed E-state index contributed by atoms with van der Waals surface area (Å²) in [6.45, 7) is 0.201. The summed E-state index contributed by atoms with van der Waals surface area (Å²) in [5.41, 5.74) is -1.16. The van der Waals surface area contributed by atoms with Crippen molar-refractivity contribution in [2.45, 2.75) is 6.54 Å². The van der Waals surface area contributed by atoms with E-state index in [1.54, 1.807) is 0 Å². The van der Waals surface area contributed by atoms with Gasteiger partial charge in [0.2, 0.25) is 0 Å². The highest BCUT2D eigenvalue weighted by Crippen LogP contribution is 2.24. The lowest BCUT2D eigenvalue weighted by Gasteiger charge is -2.03. The quantitative estimate of drug-likeness (QED) is 0.471. The zero-order valence-corrected chi connectivity index (χ0v) is 8.68. The Labute approximate surface area is 92.8 Å². The lowest BCUT2D eigenvalue weighted by Crippen LogP contribution is -2.08. The maximum absolute atomic E-state index is 13.4. The van der Waals surface area contributed by atoms with Crippen LogP contribution in [0.4, 0.5) is 17.6 Å². The largest absolute Gasteiger partial charge is 0.383 e. The molecule has 0 unspecified atom stereocenters. The second-order valence-electron chi connectivity index (χ2n) is 3.26. The number of hydrogen-bond acceptors (Lipinski definition) is 3. The standard InChI is InChI=1S/C9H7F4N3O/c1-17-3-2-16-9-7(13)5(11)4(10)6(12)8(9)14-15-16/h2-3H2,1H3. The Hall–Kier alpha value is -1.70. The van der Waals surface area contributed by atoms with Crippen LogP contribution in [0, 0.1) is 23.3 Å². The van der Waals surface area contributed by atoms with Crippen molar-refractivity contribution in [3.63, 3.8) is 0 Å². The van der Waals surface area contributed by atoms with E-state index >= 15 is 0 Å². The van der Waals surface area contributed by atoms with Crippen LogP contribution in [0.1, 0.15) is 0 Å². The maximum Gasteiger partial charge on any atom is 0.199 e. The molecule has 0 spiro atoms. The zero-order valence-electron chi connectivity index (χ0n) is 8.68. The Morgan fingerprint density at radius 1 is 1.06 bits per heavy atom. The molecule has 92 valence electrons. The average Bonchev–Trinajstić information content (AvgIpc) is 2.75. The lowest BCUT2D eigenvalue weighted by atomic mass is 10.2. The molecule has 0 aliphatic rings. The highest BCUT2D eigenvalue weighted by atomic mass is 19.2. The number of rotatable bonds is 3. The SMILES string of the molecule is COCCn1nnc2c(F)c(F)c(F)c(F)c21. The number of fused-ring (bicyclic) bond motifs is 1. The van der Waals surface area contributed by atoms with E-state index in [1.807, 2.05) is 0 Å². The van der Waals surface area contributed by atoms with Crippen LogP contribution in [-0.2, 0) is 11.3 Å². The van der Waals surface area contributed by atoms with Crippen LogP contribution < -0.4 is 0 Å². The molecule has 0 N–H and O–H groups in total. The molecule has 2 aromatic rings. The van der Waals surface area contributed by atoms with Crippen molar-refractivity contribution in [1.29, 1.82) is 0 Å². The van der Waals surface area contributed by atoms with Crippen molar-refractivity contribution in [2.24, 2.45) is 0 Å². The first-order valence-corrected chi connectivity index (χ1v) is 4.62. The summed E-state index contributed by atoms with van der Waals surface area (Å²) in [5.74, 6) is -6.84. The maximum atomic E-state index is 13.4. The molecule has 0 fully saturated rings. The summed E-state index contributed by atoms with van der Waals surface area (Å²) in [6.07, 6.45) is 0. The Morgan fingerprint density at radius 2 is 1.71 bits per heavy atom. The van der Waals surface area contributed by atoms with Gasteiger partial charge in [0.25, 0.3) is 0 Å². The summed E-state index contributed by atoms with van der Waals surface area (Å²) < 4.78 is 58.2. The molecule has 0 saturated carbocycles. The Kier molecular flexibility index (Phi) is 2.97. The second-order valence-corrected chi connectivity index (χ2v) is 3.26. The summed E-state index contributed by atoms with van der Waals surface area (Å²) in [5, 5.41) is 6.68. The first-order chi connectivity index (χ1) is 8.07. The molecule has 4 nitrogen and oxygen atoms in total. The van der Waals surface area contributed by atoms with Crippen LogP contribution in [-0.4, -0.2) is 28.7 Å². The molecule has 0 amide bonds. The third-order valence-electron chi connectivity index (χ3n) is 2.24. The summed E-state index contributed by atoms with van der Waals surface area (Å²) >= 11 is 0. The second kappa shape index (κ2) is 4.28. The number of nitrogens with zero attached hydrogens (tertiary/aromatic N) is 3. The fourth-order valence-corrected chi connectivity index (χ4v) is 1.41. The van der Waals surface area contributed by atoms with Gasteiger partial charge in [0, 0.05) is 7.11 Å². The minimum absolute atomic E-state index is 0.0500. The zero-order chi connectivity index (χ0) is 12.6. The summed E-state index contributed by atoms with van der Waals surface area (Å²) in [7, 11) is 1.40. The fourth-order valence-electron chi connectivity index (χ4n) is 1.41. The van der Waals surface area contributed by atoms with E-state index in [-0.39, 0.29) is 13.2 Å². The first-order valence-electron chi connectivity index (χ1n) is 4.62. The van der Waals surface area contributed by atoms with Gasteiger partial charge >= 0.3 is 0 Å². The topological polar surface area (TPSA) is 39.9 Å². The molecule has 0 radical (unpaired) electrons. The highest BCUT2D eigenvalue weighted by molar-refractivity contribution is 5.76. The molecule has 17 heavy (non-hydrogen) atoms. The monoisotopic (exact) mass is 249 g/mol. The molecular formula is C9H7F4N3O. The van der Waals surface area contributed by atoms with Crippen molar-refractivity contribution in [2.75, 3.05) is 13.7 Å². The molecule has 0 atom stereocenters. The van der Waals surface area contributed by atoms with Crippen molar-refractivity contribution in [3.05, 3.63) is 23.3 Å². The highest BCUT2D eigenvalue weighted by Gasteiger charge is 2.24. The first kappa shape index (κ1) is 11.8. The summed E-state index contributed by atoms with van der Waals surface area (Å²) in [4.78, 5) is 0. The van der Waals surface area contributed by atoms with E-state index in [9.17, 15) is 17.6 Å². The Morgan fingerprint density at radius 3 is 2.35 bits per heavy atom. The number of aromatic nitrogens is 3. The van der Waals surface area contributed by atoms with E-state index in [2.05, 4.69) is 10.3 Å². The predicted octanol–water partition coefficient (Wildman–Crippen LogP) is 1.63. The van der Waals surface area contributed by atoms with Crippen LogP contribution in [0.5, 0.6) is 0 Å². The van der Waals surface area contributed by atoms with Gasteiger partial charge in [0.1, 0.15) is 5.52 Å². The van der Waals surface area contributed by atoms with Gasteiger partial charge in [0.05, 0.1) is 13.2 Å². The van der Waals surface area contributed by atoms with Crippen molar-refractivity contribution < 1.29 is 22.3 Å². The molecule has 1 heterocycles. The van der Waals surface area contributed by atoms with Gasteiger partial charge in [-0.25, -0.2) is 22.2 Å². The third-order valence-corrected chi connectivity index (χ3v) is 2.24. The smallest absolute Gasteiger partial charge is 0.199 e. The molecule has 1 aromatic heterocycles. The number of methoxy groups -OCH3 is 1. The minimum Gasteiger partial charge on any atom is -0.383 e. The van der Waals surface area contributed by atoms with E-state index < -0.39 is 34.3 Å². The third kappa shape index (κ3) is 1.74. The van der Waals surface area contributed by atoms with Crippen LogP contribution in [0.2, 0.25) is 0 Å². The fraction of sp³-hybridized carbons (Fsp3) is 0.333. The van der Waals surface area contributed by atoms with Crippen molar-refractivity contribution >= 4 is 11.0 Å². The van der Waals surface area contributed by atoms with Gasteiger partial charge in [-0.05, 0) is 0 Å². The molecular weight excluding hydrogens is 242 g/mol. The Balaban J connectivity index is 2.67. The van der Waals surface area contributed by atoms with Crippen LogP contribution in [0.3, 0.4) is 0 Å². The number of ether oxygens (including phenoxy) is 1. The van der Waals surface area contributed by atoms with E-state index in [4.69, 9.17) is 4.74 Å². The molecule has 1 aromatic carbocycles. The number of benzene rings is 1. The molecule has 0 aliphatic heterocycles. The molecule has 0 bridgehead atoms. The van der Waals surface area contributed by atoms with E-state index in [0.717, 1.165) is 4.68 Å². The van der Waals surface area contributed by atoms with E-state index in [0.29, 0.717) is 0 Å². The normalized spacial score (nSPS) is 11.4. The number of hydrogen-bond donors (Lipinski definition) is 0. The lowest BCUT2D eigenvalue weighted by molar-refractivity contribution is 0.184. The van der Waals surface area contributed by atoms with Crippen LogP contribution >= 0.6 is 0 Å². The van der Waals surface area contributed by atoms with Gasteiger partial charge in [-0.15, -0.1) is 5.10 Å². The average molecular weight is 249 g/mol. The van der Waals surface area contributed by atoms with Gasteiger partial charge in [-0.2, -0.15) is 0 Å². The molecule has 2 rings (SSSR count). The number of halogens is 4.